The van der Waals surface area contributed by atoms with Gasteiger partial charge in [0, 0.05) is 30.9 Å². The van der Waals surface area contributed by atoms with Crippen LogP contribution in [0.25, 0.3) is 0 Å². The molecule has 2 aliphatic rings. The van der Waals surface area contributed by atoms with Gasteiger partial charge in [-0.25, -0.2) is 8.42 Å². The number of anilines is 1. The predicted octanol–water partition coefficient (Wildman–Crippen LogP) is 4.45. The van der Waals surface area contributed by atoms with Crippen molar-refractivity contribution in [1.29, 1.82) is 0 Å². The van der Waals surface area contributed by atoms with Crippen molar-refractivity contribution in [3.63, 3.8) is 0 Å². The SMILES string of the molecule is C[C@@H]1CN(c2ccc(C(F)(F)F)c(Cl)c2)C[C@H](C)N1S(=O)(=O)c1ccc2c(c1)CC(C(=O)O)C2. The zero-order valence-corrected chi connectivity index (χ0v) is 20.1. The number of hydrogen-bond acceptors (Lipinski definition) is 4. The fourth-order valence-corrected chi connectivity index (χ4v) is 7.11. The van der Waals surface area contributed by atoms with E-state index < -0.39 is 50.8 Å². The fraction of sp³-hybridized carbons (Fsp3) is 0.435. The molecule has 0 bridgehead atoms. The van der Waals surface area contributed by atoms with Crippen molar-refractivity contribution in [1.82, 2.24) is 4.31 Å². The lowest BCUT2D eigenvalue weighted by Gasteiger charge is -2.44. The van der Waals surface area contributed by atoms with Crippen molar-refractivity contribution in [2.24, 2.45) is 5.92 Å². The van der Waals surface area contributed by atoms with Gasteiger partial charge < -0.3 is 10.0 Å². The first-order valence-corrected chi connectivity index (χ1v) is 12.6. The average molecular weight is 517 g/mol. The van der Waals surface area contributed by atoms with E-state index in [0.29, 0.717) is 18.5 Å². The molecule has 3 atom stereocenters. The van der Waals surface area contributed by atoms with E-state index in [1.54, 1.807) is 26.0 Å². The zero-order chi connectivity index (χ0) is 25.0. The number of rotatable bonds is 4. The van der Waals surface area contributed by atoms with Crippen LogP contribution in [0.1, 0.15) is 30.5 Å². The molecule has 0 saturated carbocycles. The molecule has 11 heteroatoms. The Morgan fingerprint density at radius 3 is 2.21 bits per heavy atom. The Labute approximate surface area is 201 Å². The van der Waals surface area contributed by atoms with Crippen LogP contribution in [0.3, 0.4) is 0 Å². The van der Waals surface area contributed by atoms with Crippen LogP contribution in [-0.2, 0) is 33.8 Å². The Balaban J connectivity index is 1.56. The van der Waals surface area contributed by atoms with E-state index in [1.807, 2.05) is 4.90 Å². The molecule has 1 aliphatic carbocycles. The lowest BCUT2D eigenvalue weighted by molar-refractivity contribution is -0.141. The number of aliphatic carboxylic acids is 1. The molecule has 1 unspecified atom stereocenters. The topological polar surface area (TPSA) is 77.9 Å². The maximum atomic E-state index is 13.5. The summed E-state index contributed by atoms with van der Waals surface area (Å²) in [4.78, 5) is 13.3. The number of carboxylic acid groups (broad SMARTS) is 1. The molecule has 184 valence electrons. The normalized spacial score (nSPS) is 23.7. The van der Waals surface area contributed by atoms with E-state index in [2.05, 4.69) is 0 Å². The maximum Gasteiger partial charge on any atom is 0.417 e. The Kier molecular flexibility index (Phi) is 6.37. The summed E-state index contributed by atoms with van der Waals surface area (Å²) in [5, 5.41) is 8.88. The first-order chi connectivity index (χ1) is 15.8. The number of benzene rings is 2. The summed E-state index contributed by atoms with van der Waals surface area (Å²) < 4.78 is 67.6. The fourth-order valence-electron chi connectivity index (χ4n) is 4.97. The first-order valence-electron chi connectivity index (χ1n) is 10.8. The van der Waals surface area contributed by atoms with Gasteiger partial charge in [0.25, 0.3) is 0 Å². The highest BCUT2D eigenvalue weighted by molar-refractivity contribution is 7.89. The van der Waals surface area contributed by atoms with E-state index >= 15 is 0 Å². The average Bonchev–Trinajstić information content (AvgIpc) is 3.16. The molecular weight excluding hydrogens is 493 g/mol. The molecule has 1 heterocycles. The molecule has 0 spiro atoms. The lowest BCUT2D eigenvalue weighted by atomic mass is 10.1. The summed E-state index contributed by atoms with van der Waals surface area (Å²) in [5.41, 5.74) is 1.15. The summed E-state index contributed by atoms with van der Waals surface area (Å²) in [6.45, 7) is 4.05. The molecule has 1 fully saturated rings. The standard InChI is InChI=1S/C23H24ClF3N2O4S/c1-13-11-28(18-4-6-20(21(24)10-18)23(25,26)27)12-14(2)29(13)34(32,33)19-5-3-15-7-17(22(30)31)8-16(15)9-19/h3-6,9-10,13-14,17H,7-8,11-12H2,1-2H3,(H,30,31)/t13-,14+,17?. The largest absolute Gasteiger partial charge is 0.481 e. The van der Waals surface area contributed by atoms with Gasteiger partial charge in [-0.05, 0) is 68.1 Å². The minimum atomic E-state index is -4.55. The summed E-state index contributed by atoms with van der Waals surface area (Å²) in [6.07, 6.45) is -3.88. The smallest absolute Gasteiger partial charge is 0.417 e. The molecule has 0 aromatic heterocycles. The van der Waals surface area contributed by atoms with E-state index in [0.717, 1.165) is 17.2 Å². The van der Waals surface area contributed by atoms with Crippen LogP contribution < -0.4 is 4.90 Å². The number of alkyl halides is 3. The third-order valence-corrected chi connectivity index (χ3v) is 8.93. The molecule has 4 rings (SSSR count). The minimum Gasteiger partial charge on any atom is -0.481 e. The van der Waals surface area contributed by atoms with E-state index in [9.17, 15) is 31.5 Å². The van der Waals surface area contributed by atoms with Gasteiger partial charge >= 0.3 is 12.1 Å². The number of fused-ring (bicyclic) bond motifs is 1. The van der Waals surface area contributed by atoms with Crippen LogP contribution in [0.4, 0.5) is 18.9 Å². The number of nitrogens with zero attached hydrogens (tertiary/aromatic N) is 2. The predicted molar refractivity (Wildman–Crippen MR) is 122 cm³/mol. The highest BCUT2D eigenvalue weighted by Gasteiger charge is 2.40. The van der Waals surface area contributed by atoms with Crippen LogP contribution in [0.15, 0.2) is 41.3 Å². The summed E-state index contributed by atoms with van der Waals surface area (Å²) in [6, 6.07) is 7.37. The molecule has 1 N–H and O–H groups in total. The number of halogens is 4. The molecule has 0 amide bonds. The van der Waals surface area contributed by atoms with Gasteiger partial charge in [0.05, 0.1) is 21.4 Å². The van der Waals surface area contributed by atoms with E-state index in [-0.39, 0.29) is 18.0 Å². The number of sulfonamides is 1. The highest BCUT2D eigenvalue weighted by Crippen LogP contribution is 2.38. The second kappa shape index (κ2) is 8.73. The van der Waals surface area contributed by atoms with Crippen LogP contribution in [-0.4, -0.2) is 49.0 Å². The van der Waals surface area contributed by atoms with Gasteiger partial charge in [0.2, 0.25) is 10.0 Å². The quantitative estimate of drug-likeness (QED) is 0.650. The Bertz CT molecular complexity index is 1220. The molecule has 6 nitrogen and oxygen atoms in total. The number of carbonyl (C=O) groups is 1. The van der Waals surface area contributed by atoms with Crippen LogP contribution in [0.2, 0.25) is 5.02 Å². The van der Waals surface area contributed by atoms with Crippen molar-refractivity contribution in [3.8, 4) is 0 Å². The van der Waals surface area contributed by atoms with Gasteiger partial charge in [-0.1, -0.05) is 17.7 Å². The second-order valence-electron chi connectivity index (χ2n) is 8.97. The van der Waals surface area contributed by atoms with E-state index in [1.165, 1.54) is 22.5 Å². The van der Waals surface area contributed by atoms with Gasteiger partial charge in [-0.2, -0.15) is 17.5 Å². The molecule has 1 saturated heterocycles. The Morgan fingerprint density at radius 1 is 1.03 bits per heavy atom. The van der Waals surface area contributed by atoms with Crippen molar-refractivity contribution in [3.05, 3.63) is 58.1 Å². The number of hydrogen-bond donors (Lipinski definition) is 1. The van der Waals surface area contributed by atoms with Crippen LogP contribution >= 0.6 is 11.6 Å². The summed E-state index contributed by atoms with van der Waals surface area (Å²) in [5.74, 6) is -1.45. The van der Waals surface area contributed by atoms with Gasteiger partial charge in [0.1, 0.15) is 0 Å². The summed E-state index contributed by atoms with van der Waals surface area (Å²) >= 11 is 5.87. The second-order valence-corrected chi connectivity index (χ2v) is 11.2. The number of carboxylic acids is 1. The Hall–Kier alpha value is -2.30. The zero-order valence-electron chi connectivity index (χ0n) is 18.5. The van der Waals surface area contributed by atoms with Crippen LogP contribution in [0.5, 0.6) is 0 Å². The minimum absolute atomic E-state index is 0.113. The molecule has 2 aromatic carbocycles. The lowest BCUT2D eigenvalue weighted by Crippen LogP contribution is -2.58. The highest BCUT2D eigenvalue weighted by atomic mass is 35.5. The van der Waals surface area contributed by atoms with Crippen molar-refractivity contribution >= 4 is 33.3 Å². The van der Waals surface area contributed by atoms with Crippen LogP contribution in [0, 0.1) is 5.92 Å². The van der Waals surface area contributed by atoms with Gasteiger partial charge in [-0.15, -0.1) is 0 Å². The van der Waals surface area contributed by atoms with Crippen molar-refractivity contribution in [2.45, 2.75) is 49.8 Å². The van der Waals surface area contributed by atoms with Crippen molar-refractivity contribution in [2.75, 3.05) is 18.0 Å². The monoisotopic (exact) mass is 516 g/mol. The Morgan fingerprint density at radius 2 is 1.65 bits per heavy atom. The third kappa shape index (κ3) is 4.50. The maximum absolute atomic E-state index is 13.5. The molecule has 1 aliphatic heterocycles. The van der Waals surface area contributed by atoms with Gasteiger partial charge in [-0.3, -0.25) is 4.79 Å². The summed E-state index contributed by atoms with van der Waals surface area (Å²) in [7, 11) is -3.88. The molecule has 34 heavy (non-hydrogen) atoms. The third-order valence-electron chi connectivity index (χ3n) is 6.50. The molecule has 0 radical (unpaired) electrons. The molecule has 2 aromatic rings. The number of piperazine rings is 1. The molecular formula is C23H24ClF3N2O4S. The van der Waals surface area contributed by atoms with E-state index in [4.69, 9.17) is 11.6 Å². The van der Waals surface area contributed by atoms with Gasteiger partial charge in [0.15, 0.2) is 0 Å². The first kappa shape index (κ1) is 24.8. The van der Waals surface area contributed by atoms with Crippen molar-refractivity contribution < 1.29 is 31.5 Å².